The van der Waals surface area contributed by atoms with Gasteiger partial charge in [-0.15, -0.1) is 0 Å². The first-order valence-electron chi connectivity index (χ1n) is 6.91. The molecule has 0 radical (unpaired) electrons. The van der Waals surface area contributed by atoms with E-state index in [-0.39, 0.29) is 6.04 Å². The zero-order valence-electron chi connectivity index (χ0n) is 11.7. The monoisotopic (exact) mass is 314 g/mol. The summed E-state index contributed by atoms with van der Waals surface area (Å²) in [6, 6.07) is 6.82. The van der Waals surface area contributed by atoms with Crippen LogP contribution in [0.25, 0.3) is 0 Å². The second kappa shape index (κ2) is 6.93. The van der Waals surface area contributed by atoms with Gasteiger partial charge < -0.3 is 5.73 Å². The molecule has 2 rings (SSSR count). The molecule has 3 N–H and O–H groups in total. The van der Waals surface area contributed by atoms with Crippen LogP contribution in [0.5, 0.6) is 0 Å². The van der Waals surface area contributed by atoms with Gasteiger partial charge in [0.05, 0.1) is 4.90 Å². The second-order valence-corrected chi connectivity index (χ2v) is 7.93. The molecule has 0 saturated heterocycles. The minimum absolute atomic E-state index is 0.0398. The summed E-state index contributed by atoms with van der Waals surface area (Å²) < 4.78 is 27.7. The molecule has 1 saturated carbocycles. The molecule has 1 aliphatic carbocycles. The van der Waals surface area contributed by atoms with Crippen molar-refractivity contribution in [1.29, 1.82) is 0 Å². The lowest BCUT2D eigenvalue weighted by Crippen LogP contribution is -2.43. The Morgan fingerprint density at radius 3 is 2.50 bits per heavy atom. The van der Waals surface area contributed by atoms with Gasteiger partial charge in [-0.3, -0.25) is 0 Å². The van der Waals surface area contributed by atoms with Gasteiger partial charge in [-0.1, -0.05) is 25.0 Å². The van der Waals surface area contributed by atoms with E-state index >= 15 is 0 Å². The third kappa shape index (κ3) is 3.75. The first kappa shape index (κ1) is 15.8. The number of nitrogens with two attached hydrogens (primary N) is 1. The minimum Gasteiger partial charge on any atom is -0.326 e. The Balaban J connectivity index is 2.12. The van der Waals surface area contributed by atoms with Crippen LogP contribution in [-0.4, -0.2) is 26.0 Å². The van der Waals surface area contributed by atoms with Crippen molar-refractivity contribution in [3.63, 3.8) is 0 Å². The number of rotatable bonds is 5. The van der Waals surface area contributed by atoms with E-state index in [4.69, 9.17) is 5.73 Å². The molecular weight excluding hydrogens is 292 g/mol. The largest absolute Gasteiger partial charge is 0.326 e. The lowest BCUT2D eigenvalue weighted by Gasteiger charge is -2.30. The minimum atomic E-state index is -3.43. The van der Waals surface area contributed by atoms with Gasteiger partial charge in [0.1, 0.15) is 0 Å². The molecule has 1 fully saturated rings. The Bertz CT molecular complexity index is 529. The fourth-order valence-corrected chi connectivity index (χ4v) is 4.92. The number of thioether (sulfide) groups is 1. The van der Waals surface area contributed by atoms with Crippen molar-refractivity contribution in [2.24, 2.45) is 5.73 Å². The van der Waals surface area contributed by atoms with Crippen molar-refractivity contribution in [3.8, 4) is 0 Å². The van der Waals surface area contributed by atoms with Crippen molar-refractivity contribution < 1.29 is 8.42 Å². The van der Waals surface area contributed by atoms with Crippen LogP contribution in [0.1, 0.15) is 31.2 Å². The number of nitrogens with one attached hydrogen (secondary N) is 1. The molecule has 0 heterocycles. The third-order valence-corrected chi connectivity index (χ3v) is 6.46. The highest BCUT2D eigenvalue weighted by atomic mass is 32.2. The molecule has 2 unspecified atom stereocenters. The van der Waals surface area contributed by atoms with E-state index in [1.807, 2.05) is 6.26 Å². The summed E-state index contributed by atoms with van der Waals surface area (Å²) in [6.07, 6.45) is 6.34. The zero-order chi connectivity index (χ0) is 14.6. The summed E-state index contributed by atoms with van der Waals surface area (Å²) in [7, 11) is -3.43. The SMILES string of the molecule is CSC1CCCCC1NS(=O)(=O)c1ccc(CN)cc1. The molecule has 0 spiro atoms. The first-order chi connectivity index (χ1) is 9.56. The molecule has 1 aliphatic rings. The summed E-state index contributed by atoms with van der Waals surface area (Å²) >= 11 is 1.75. The van der Waals surface area contributed by atoms with Crippen molar-refractivity contribution >= 4 is 21.8 Å². The van der Waals surface area contributed by atoms with E-state index in [1.54, 1.807) is 36.0 Å². The van der Waals surface area contributed by atoms with Gasteiger partial charge in [-0.2, -0.15) is 11.8 Å². The Kier molecular flexibility index (Phi) is 5.49. The van der Waals surface area contributed by atoms with Gasteiger partial charge in [0.25, 0.3) is 0 Å². The molecule has 112 valence electrons. The molecule has 6 heteroatoms. The molecule has 0 aliphatic heterocycles. The van der Waals surface area contributed by atoms with E-state index in [0.29, 0.717) is 16.7 Å². The van der Waals surface area contributed by atoms with Gasteiger partial charge in [0, 0.05) is 17.8 Å². The van der Waals surface area contributed by atoms with Gasteiger partial charge >= 0.3 is 0 Å². The van der Waals surface area contributed by atoms with Gasteiger partial charge in [0.2, 0.25) is 10.0 Å². The second-order valence-electron chi connectivity index (χ2n) is 5.13. The van der Waals surface area contributed by atoms with E-state index in [9.17, 15) is 8.42 Å². The highest BCUT2D eigenvalue weighted by Gasteiger charge is 2.28. The van der Waals surface area contributed by atoms with E-state index in [1.165, 1.54) is 6.42 Å². The first-order valence-corrected chi connectivity index (χ1v) is 9.68. The lowest BCUT2D eigenvalue weighted by molar-refractivity contribution is 0.423. The van der Waals surface area contributed by atoms with Crippen LogP contribution >= 0.6 is 11.8 Å². The number of hydrogen-bond donors (Lipinski definition) is 2. The zero-order valence-corrected chi connectivity index (χ0v) is 13.3. The van der Waals surface area contributed by atoms with Crippen LogP contribution in [0.15, 0.2) is 29.2 Å². The van der Waals surface area contributed by atoms with Crippen molar-refractivity contribution in [1.82, 2.24) is 4.72 Å². The molecule has 20 heavy (non-hydrogen) atoms. The maximum atomic E-state index is 12.4. The average molecular weight is 314 g/mol. The van der Waals surface area contributed by atoms with Crippen molar-refractivity contribution in [2.45, 2.75) is 48.4 Å². The predicted octanol–water partition coefficient (Wildman–Crippen LogP) is 2.10. The maximum absolute atomic E-state index is 12.4. The van der Waals surface area contributed by atoms with Crippen LogP contribution in [0.2, 0.25) is 0 Å². The standard InChI is InChI=1S/C14H22N2O2S2/c1-19-14-5-3-2-4-13(14)16-20(17,18)12-8-6-11(10-15)7-9-12/h6-9,13-14,16H,2-5,10,15H2,1H3. The molecule has 0 amide bonds. The summed E-state index contributed by atoms with van der Waals surface area (Å²) in [5, 5.41) is 0.377. The highest BCUT2D eigenvalue weighted by Crippen LogP contribution is 2.28. The molecule has 1 aromatic carbocycles. The van der Waals surface area contributed by atoms with Gasteiger partial charge in [0.15, 0.2) is 0 Å². The van der Waals surface area contributed by atoms with E-state index < -0.39 is 10.0 Å². The normalized spacial score (nSPS) is 23.7. The quantitative estimate of drug-likeness (QED) is 0.873. The molecule has 4 nitrogen and oxygen atoms in total. The van der Waals surface area contributed by atoms with Crippen LogP contribution in [0.3, 0.4) is 0 Å². The summed E-state index contributed by atoms with van der Waals surface area (Å²) in [5.41, 5.74) is 6.46. The Morgan fingerprint density at radius 1 is 1.25 bits per heavy atom. The Labute approximate surface area is 125 Å². The molecule has 0 aromatic heterocycles. The van der Waals surface area contributed by atoms with E-state index in [0.717, 1.165) is 24.8 Å². The van der Waals surface area contributed by atoms with Crippen LogP contribution in [0, 0.1) is 0 Å². The van der Waals surface area contributed by atoms with Gasteiger partial charge in [-0.05, 0) is 36.8 Å². The van der Waals surface area contributed by atoms with E-state index in [2.05, 4.69) is 4.72 Å². The maximum Gasteiger partial charge on any atom is 0.240 e. The predicted molar refractivity (Wildman–Crippen MR) is 84.2 cm³/mol. The van der Waals surface area contributed by atoms with Crippen LogP contribution in [-0.2, 0) is 16.6 Å². The number of hydrogen-bond acceptors (Lipinski definition) is 4. The summed E-state index contributed by atoms with van der Waals surface area (Å²) in [4.78, 5) is 0.320. The number of benzene rings is 1. The number of sulfonamides is 1. The van der Waals surface area contributed by atoms with Crippen molar-refractivity contribution in [3.05, 3.63) is 29.8 Å². The Morgan fingerprint density at radius 2 is 1.90 bits per heavy atom. The third-order valence-electron chi connectivity index (χ3n) is 3.78. The molecular formula is C14H22N2O2S2. The lowest BCUT2D eigenvalue weighted by atomic mass is 9.96. The molecule has 2 atom stereocenters. The van der Waals surface area contributed by atoms with Gasteiger partial charge in [-0.25, -0.2) is 13.1 Å². The molecule has 0 bridgehead atoms. The van der Waals surface area contributed by atoms with Crippen molar-refractivity contribution in [2.75, 3.05) is 6.26 Å². The summed E-state index contributed by atoms with van der Waals surface area (Å²) in [5.74, 6) is 0. The highest BCUT2D eigenvalue weighted by molar-refractivity contribution is 7.99. The Hall–Kier alpha value is -0.560. The van der Waals surface area contributed by atoms with Crippen LogP contribution < -0.4 is 10.5 Å². The fourth-order valence-electron chi connectivity index (χ4n) is 2.59. The topological polar surface area (TPSA) is 72.2 Å². The smallest absolute Gasteiger partial charge is 0.240 e. The molecule has 1 aromatic rings. The average Bonchev–Trinajstić information content (AvgIpc) is 2.47. The van der Waals surface area contributed by atoms with Crippen LogP contribution in [0.4, 0.5) is 0 Å². The summed E-state index contributed by atoms with van der Waals surface area (Å²) in [6.45, 7) is 0.422. The fraction of sp³-hybridized carbons (Fsp3) is 0.571.